The Labute approximate surface area is 114 Å². The maximum Gasteiger partial charge on any atom is 0.123 e. The van der Waals surface area contributed by atoms with Gasteiger partial charge in [-0.05, 0) is 31.3 Å². The average Bonchev–Trinajstić information content (AvgIpc) is 2.34. The van der Waals surface area contributed by atoms with E-state index in [4.69, 9.17) is 0 Å². The summed E-state index contributed by atoms with van der Waals surface area (Å²) in [6.45, 7) is 13.5. The van der Waals surface area contributed by atoms with Gasteiger partial charge in [-0.15, -0.1) is 0 Å². The molecule has 2 nitrogen and oxygen atoms in total. The molecule has 0 fully saturated rings. The Bertz CT molecular complexity index is 258. The molecule has 2 heteroatoms. The molecule has 0 aromatic heterocycles. The third-order valence-corrected chi connectivity index (χ3v) is 3.13. The Morgan fingerprint density at radius 1 is 1.06 bits per heavy atom. The predicted octanol–water partition coefficient (Wildman–Crippen LogP) is 4.52. The summed E-state index contributed by atoms with van der Waals surface area (Å²) >= 11 is 0. The summed E-state index contributed by atoms with van der Waals surface area (Å²) in [5.74, 6) is 1.78. The Hall–Kier alpha value is -0.790. The normalized spacial score (nSPS) is 13.3. The number of amidine groups is 1. The van der Waals surface area contributed by atoms with Gasteiger partial charge in [0.2, 0.25) is 0 Å². The summed E-state index contributed by atoms with van der Waals surface area (Å²) in [6.07, 6.45) is 7.07. The van der Waals surface area contributed by atoms with Crippen LogP contribution in [0.5, 0.6) is 0 Å². The van der Waals surface area contributed by atoms with Crippen LogP contribution in [0.1, 0.15) is 60.3 Å². The average molecular weight is 252 g/mol. The van der Waals surface area contributed by atoms with Crippen molar-refractivity contribution in [1.82, 2.24) is 4.90 Å². The molecule has 106 valence electrons. The fourth-order valence-corrected chi connectivity index (χ4v) is 2.16. The summed E-state index contributed by atoms with van der Waals surface area (Å²) in [6, 6.07) is 0. The predicted molar refractivity (Wildman–Crippen MR) is 83.3 cm³/mol. The first-order valence-electron chi connectivity index (χ1n) is 7.52. The zero-order valence-corrected chi connectivity index (χ0v) is 13.3. The molecule has 0 amide bonds. The molecule has 0 aliphatic carbocycles. The third-order valence-electron chi connectivity index (χ3n) is 3.13. The van der Waals surface area contributed by atoms with Crippen LogP contribution in [-0.4, -0.2) is 30.9 Å². The van der Waals surface area contributed by atoms with Crippen molar-refractivity contribution in [2.45, 2.75) is 60.3 Å². The van der Waals surface area contributed by atoms with Gasteiger partial charge in [0.1, 0.15) is 5.84 Å². The zero-order chi connectivity index (χ0) is 14.0. The van der Waals surface area contributed by atoms with E-state index in [1.54, 1.807) is 0 Å². The lowest BCUT2D eigenvalue weighted by Crippen LogP contribution is -2.31. The molecule has 0 radical (unpaired) electrons. The van der Waals surface area contributed by atoms with Crippen LogP contribution in [0.3, 0.4) is 0 Å². The Balaban J connectivity index is 4.96. The van der Waals surface area contributed by atoms with Crippen molar-refractivity contribution in [3.8, 4) is 0 Å². The van der Waals surface area contributed by atoms with Gasteiger partial charge in [-0.3, -0.25) is 4.99 Å². The number of hydrogen-bond donors (Lipinski definition) is 0. The van der Waals surface area contributed by atoms with Gasteiger partial charge in [-0.25, -0.2) is 0 Å². The van der Waals surface area contributed by atoms with Crippen LogP contribution in [0.15, 0.2) is 16.6 Å². The molecule has 0 bridgehead atoms. The molecule has 18 heavy (non-hydrogen) atoms. The summed E-state index contributed by atoms with van der Waals surface area (Å²) in [4.78, 5) is 6.91. The lowest BCUT2D eigenvalue weighted by atomic mass is 9.98. The second-order valence-electron chi connectivity index (χ2n) is 5.19. The molecule has 0 aliphatic rings. The topological polar surface area (TPSA) is 15.6 Å². The summed E-state index contributed by atoms with van der Waals surface area (Å²) in [7, 11) is 1.91. The van der Waals surface area contributed by atoms with Crippen molar-refractivity contribution < 1.29 is 0 Å². The van der Waals surface area contributed by atoms with Crippen LogP contribution in [0, 0.1) is 5.92 Å². The molecule has 0 heterocycles. The summed E-state index contributed by atoms with van der Waals surface area (Å²) in [5.41, 5.74) is 1.52. The Kier molecular flexibility index (Phi) is 9.72. The van der Waals surface area contributed by atoms with Gasteiger partial charge in [0.05, 0.1) is 0 Å². The highest BCUT2D eigenvalue weighted by molar-refractivity contribution is 5.93. The number of allylic oxidation sites excluding steroid dienone is 1. The second kappa shape index (κ2) is 10.2. The van der Waals surface area contributed by atoms with Gasteiger partial charge in [-0.1, -0.05) is 46.6 Å². The number of hydrogen-bond acceptors (Lipinski definition) is 1. The van der Waals surface area contributed by atoms with Crippen LogP contribution < -0.4 is 0 Å². The molecule has 0 saturated carbocycles. The molecule has 0 spiro atoms. The summed E-state index contributed by atoms with van der Waals surface area (Å²) < 4.78 is 0. The summed E-state index contributed by atoms with van der Waals surface area (Å²) in [5, 5.41) is 0. The highest BCUT2D eigenvalue weighted by Gasteiger charge is 2.09. The van der Waals surface area contributed by atoms with E-state index in [9.17, 15) is 0 Å². The van der Waals surface area contributed by atoms with Crippen molar-refractivity contribution in [3.63, 3.8) is 0 Å². The van der Waals surface area contributed by atoms with Crippen LogP contribution in [0.25, 0.3) is 0 Å². The van der Waals surface area contributed by atoms with Gasteiger partial charge in [0, 0.05) is 20.1 Å². The van der Waals surface area contributed by atoms with Gasteiger partial charge in [0.25, 0.3) is 0 Å². The van der Waals surface area contributed by atoms with Crippen LogP contribution in [0.4, 0.5) is 0 Å². The van der Waals surface area contributed by atoms with E-state index in [0.717, 1.165) is 18.9 Å². The van der Waals surface area contributed by atoms with E-state index in [0.29, 0.717) is 5.92 Å². The largest absolute Gasteiger partial charge is 0.357 e. The fourth-order valence-electron chi connectivity index (χ4n) is 2.16. The van der Waals surface area contributed by atoms with Gasteiger partial charge in [-0.2, -0.15) is 0 Å². The lowest BCUT2D eigenvalue weighted by molar-refractivity contribution is 0.418. The molecule has 0 saturated heterocycles. The Morgan fingerprint density at radius 2 is 1.61 bits per heavy atom. The minimum Gasteiger partial charge on any atom is -0.357 e. The van der Waals surface area contributed by atoms with E-state index < -0.39 is 0 Å². The second-order valence-corrected chi connectivity index (χ2v) is 5.19. The van der Waals surface area contributed by atoms with Crippen molar-refractivity contribution in [2.75, 3.05) is 20.1 Å². The molecule has 0 atom stereocenters. The number of rotatable bonds is 8. The van der Waals surface area contributed by atoms with Gasteiger partial charge in [0.15, 0.2) is 0 Å². The SMILES string of the molecule is CCC/C(=C\C(=NC)N(CCC)CCC)C(C)C. The first kappa shape index (κ1) is 17.2. The van der Waals surface area contributed by atoms with Crippen molar-refractivity contribution in [1.29, 1.82) is 0 Å². The first-order valence-corrected chi connectivity index (χ1v) is 7.52. The minimum absolute atomic E-state index is 0.617. The maximum absolute atomic E-state index is 4.50. The first-order chi connectivity index (χ1) is 8.60. The van der Waals surface area contributed by atoms with E-state index in [1.807, 2.05) is 7.05 Å². The fraction of sp³-hybridized carbons (Fsp3) is 0.812. The van der Waals surface area contributed by atoms with Crippen LogP contribution in [0.2, 0.25) is 0 Å². The monoisotopic (exact) mass is 252 g/mol. The highest BCUT2D eigenvalue weighted by atomic mass is 15.2. The smallest absolute Gasteiger partial charge is 0.123 e. The highest BCUT2D eigenvalue weighted by Crippen LogP contribution is 2.16. The third kappa shape index (κ3) is 6.23. The molecule has 0 N–H and O–H groups in total. The van der Waals surface area contributed by atoms with E-state index in [-0.39, 0.29) is 0 Å². The maximum atomic E-state index is 4.50. The quantitative estimate of drug-likeness (QED) is 0.458. The van der Waals surface area contributed by atoms with Crippen molar-refractivity contribution in [3.05, 3.63) is 11.6 Å². The molecule has 0 unspecified atom stereocenters. The molecule has 0 aromatic carbocycles. The molecule has 0 aromatic rings. The molecule has 0 rings (SSSR count). The number of nitrogens with zero attached hydrogens (tertiary/aromatic N) is 2. The lowest BCUT2D eigenvalue weighted by Gasteiger charge is -2.24. The number of aliphatic imine (C=N–C) groups is 1. The molecule has 0 aliphatic heterocycles. The molecular weight excluding hydrogens is 220 g/mol. The van der Waals surface area contributed by atoms with Crippen molar-refractivity contribution in [2.24, 2.45) is 10.9 Å². The molecular formula is C16H32N2. The van der Waals surface area contributed by atoms with Crippen molar-refractivity contribution >= 4 is 5.84 Å². The van der Waals surface area contributed by atoms with E-state index in [2.05, 4.69) is 50.6 Å². The van der Waals surface area contributed by atoms with Gasteiger partial charge < -0.3 is 4.90 Å². The van der Waals surface area contributed by atoms with Gasteiger partial charge >= 0.3 is 0 Å². The zero-order valence-electron chi connectivity index (χ0n) is 13.3. The minimum atomic E-state index is 0.617. The van der Waals surface area contributed by atoms with E-state index >= 15 is 0 Å². The standard InChI is InChI=1S/C16H32N2/c1-7-10-15(14(4)5)13-16(17-6)18(11-8-2)12-9-3/h13-14H,7-12H2,1-6H3/b15-13+,17-16?. The van der Waals surface area contributed by atoms with E-state index in [1.165, 1.54) is 31.3 Å². The van der Waals surface area contributed by atoms with Crippen LogP contribution >= 0.6 is 0 Å². The Morgan fingerprint density at radius 3 is 1.94 bits per heavy atom. The van der Waals surface area contributed by atoms with Crippen LogP contribution in [-0.2, 0) is 0 Å².